The number of aliphatic hydroxyl groups excluding tert-OH is 2. The predicted octanol–water partition coefficient (Wildman–Crippen LogP) is 6.42. The number of aliphatic hydroxyl groups is 2. The Morgan fingerprint density at radius 2 is 0.778 bits per heavy atom. The first kappa shape index (κ1) is 33.8. The molecule has 0 heterocycles. The zero-order chi connectivity index (χ0) is 31.9. The van der Waals surface area contributed by atoms with Crippen molar-refractivity contribution in [3.05, 3.63) is 97.1 Å². The quantitative estimate of drug-likeness (QED) is 0.125. The summed E-state index contributed by atoms with van der Waals surface area (Å²) in [4.78, 5) is 0. The fourth-order valence-electron chi connectivity index (χ4n) is 4.55. The van der Waals surface area contributed by atoms with Crippen molar-refractivity contribution in [1.82, 2.24) is 0 Å². The van der Waals surface area contributed by atoms with Gasteiger partial charge in [0, 0.05) is 0 Å². The fourth-order valence-corrected chi connectivity index (χ4v) is 4.55. The van der Waals surface area contributed by atoms with Crippen LogP contribution in [-0.2, 0) is 9.47 Å². The van der Waals surface area contributed by atoms with Crippen molar-refractivity contribution in [3.63, 3.8) is 0 Å². The third kappa shape index (κ3) is 11.4. The molecule has 8 heteroatoms. The highest BCUT2D eigenvalue weighted by atomic mass is 16.6. The molecule has 2 N–H and O–H groups in total. The van der Waals surface area contributed by atoms with Crippen LogP contribution in [0, 0.1) is 0 Å². The van der Waals surface area contributed by atoms with E-state index in [9.17, 15) is 0 Å². The molecule has 0 saturated heterocycles. The Morgan fingerprint density at radius 1 is 0.444 bits per heavy atom. The molecule has 0 aromatic heterocycles. The molecule has 0 radical (unpaired) electrons. The Labute approximate surface area is 266 Å². The summed E-state index contributed by atoms with van der Waals surface area (Å²) in [5.41, 5.74) is 4.30. The normalized spacial score (nSPS) is 13.1. The van der Waals surface area contributed by atoms with Crippen LogP contribution in [-0.4, -0.2) is 74.8 Å². The molecule has 0 aliphatic carbocycles. The van der Waals surface area contributed by atoms with Crippen molar-refractivity contribution in [2.45, 2.75) is 39.1 Å². The van der Waals surface area contributed by atoms with Crippen molar-refractivity contribution in [2.24, 2.45) is 0 Å². The highest BCUT2D eigenvalue weighted by molar-refractivity contribution is 5.65. The molecule has 8 nitrogen and oxygen atoms in total. The lowest BCUT2D eigenvalue weighted by atomic mass is 10.1. The van der Waals surface area contributed by atoms with Gasteiger partial charge in [0.2, 0.25) is 0 Å². The second-order valence-corrected chi connectivity index (χ2v) is 10.8. The van der Waals surface area contributed by atoms with Gasteiger partial charge in [0.25, 0.3) is 0 Å². The molecule has 0 aliphatic rings. The lowest BCUT2D eigenvalue weighted by Gasteiger charge is -2.20. The molecule has 0 spiro atoms. The van der Waals surface area contributed by atoms with Gasteiger partial charge < -0.3 is 38.6 Å². The van der Waals surface area contributed by atoms with E-state index in [4.69, 9.17) is 38.6 Å². The molecule has 3 unspecified atom stereocenters. The van der Waals surface area contributed by atoms with Gasteiger partial charge in [-0.15, -0.1) is 0 Å². The van der Waals surface area contributed by atoms with Crippen LogP contribution in [0.25, 0.3) is 22.3 Å². The summed E-state index contributed by atoms with van der Waals surface area (Å²) in [6, 6.07) is 31.5. The number of benzene rings is 4. The highest BCUT2D eigenvalue weighted by Crippen LogP contribution is 2.26. The first-order valence-electron chi connectivity index (χ1n) is 15.3. The number of hydrogen-bond acceptors (Lipinski definition) is 8. The van der Waals surface area contributed by atoms with Crippen LogP contribution in [0.1, 0.15) is 20.8 Å². The van der Waals surface area contributed by atoms with E-state index < -0.39 is 0 Å². The molecule has 4 rings (SSSR count). The molecular formula is C37H44O8. The van der Waals surface area contributed by atoms with Crippen LogP contribution in [0.15, 0.2) is 97.1 Å². The summed E-state index contributed by atoms with van der Waals surface area (Å²) in [7, 11) is 0. The molecule has 0 bridgehead atoms. The molecule has 240 valence electrons. The van der Waals surface area contributed by atoms with E-state index in [1.807, 2.05) is 118 Å². The van der Waals surface area contributed by atoms with Crippen molar-refractivity contribution in [1.29, 1.82) is 0 Å². The topological polar surface area (TPSA) is 95.8 Å². The lowest BCUT2D eigenvalue weighted by Crippen LogP contribution is -2.27. The minimum atomic E-state index is -0.121. The van der Waals surface area contributed by atoms with Gasteiger partial charge >= 0.3 is 0 Å². The Balaban J connectivity index is 1.11. The van der Waals surface area contributed by atoms with Crippen LogP contribution in [0.5, 0.6) is 23.0 Å². The van der Waals surface area contributed by atoms with E-state index in [0.717, 1.165) is 45.3 Å². The monoisotopic (exact) mass is 616 g/mol. The van der Waals surface area contributed by atoms with Crippen molar-refractivity contribution in [3.8, 4) is 45.3 Å². The third-order valence-corrected chi connectivity index (χ3v) is 6.80. The van der Waals surface area contributed by atoms with Crippen LogP contribution in [0.3, 0.4) is 0 Å². The maximum absolute atomic E-state index is 8.89. The van der Waals surface area contributed by atoms with E-state index >= 15 is 0 Å². The van der Waals surface area contributed by atoms with Gasteiger partial charge in [-0.1, -0.05) is 48.5 Å². The molecule has 3 atom stereocenters. The zero-order valence-corrected chi connectivity index (χ0v) is 26.3. The van der Waals surface area contributed by atoms with Crippen molar-refractivity contribution < 1.29 is 38.6 Å². The van der Waals surface area contributed by atoms with E-state index in [1.54, 1.807) is 0 Å². The standard InChI is InChI=1S/C37H44O8/c1-27(43-26-29(3)45-37-18-10-33(11-19-37)31-6-14-35(15-7-31)42-23-21-39)24-40-25-28(2)44-36-16-8-32(9-17-36)30-4-12-34(13-5-30)41-22-20-38/h4-19,27-29,38-39H,20-26H2,1-3H3. The third-order valence-electron chi connectivity index (χ3n) is 6.80. The summed E-state index contributed by atoms with van der Waals surface area (Å²) in [5.74, 6) is 3.03. The summed E-state index contributed by atoms with van der Waals surface area (Å²) >= 11 is 0. The van der Waals surface area contributed by atoms with Crippen molar-refractivity contribution in [2.75, 3.05) is 46.2 Å². The van der Waals surface area contributed by atoms with E-state index in [2.05, 4.69) is 0 Å². The maximum Gasteiger partial charge on any atom is 0.119 e. The summed E-state index contributed by atoms with van der Waals surface area (Å²) in [6.45, 7) is 7.85. The molecule has 45 heavy (non-hydrogen) atoms. The molecule has 0 fully saturated rings. The molecule has 0 aliphatic heterocycles. The van der Waals surface area contributed by atoms with Gasteiger partial charge in [-0.3, -0.25) is 0 Å². The average molecular weight is 617 g/mol. The van der Waals surface area contributed by atoms with Crippen LogP contribution in [0.4, 0.5) is 0 Å². The van der Waals surface area contributed by atoms with E-state index in [-0.39, 0.29) is 44.7 Å². The minimum Gasteiger partial charge on any atom is -0.491 e. The SMILES string of the molecule is CC(COCC(C)Oc1ccc(-c2ccc(OCCO)cc2)cc1)OCC(C)Oc1ccc(-c2ccc(OCCO)cc2)cc1. The fraction of sp³-hybridized carbons (Fsp3) is 0.351. The van der Waals surface area contributed by atoms with E-state index in [1.165, 1.54) is 0 Å². The summed E-state index contributed by atoms with van der Waals surface area (Å²) in [6.07, 6.45) is -0.326. The zero-order valence-electron chi connectivity index (χ0n) is 26.3. The van der Waals surface area contributed by atoms with Gasteiger partial charge in [0.15, 0.2) is 0 Å². The first-order chi connectivity index (χ1) is 21.9. The van der Waals surface area contributed by atoms with Gasteiger partial charge in [0.05, 0.1) is 39.1 Å². The number of rotatable bonds is 19. The average Bonchev–Trinajstić information content (AvgIpc) is 3.07. The van der Waals surface area contributed by atoms with Gasteiger partial charge in [-0.25, -0.2) is 0 Å². The summed E-state index contributed by atoms with van der Waals surface area (Å²) < 4.78 is 34.7. The summed E-state index contributed by atoms with van der Waals surface area (Å²) in [5, 5.41) is 17.8. The van der Waals surface area contributed by atoms with Crippen LogP contribution < -0.4 is 18.9 Å². The molecular weight excluding hydrogens is 572 g/mol. The molecule has 0 saturated carbocycles. The second-order valence-electron chi connectivity index (χ2n) is 10.8. The van der Waals surface area contributed by atoms with Gasteiger partial charge in [-0.2, -0.15) is 0 Å². The minimum absolute atomic E-state index is 0.00556. The predicted molar refractivity (Wildman–Crippen MR) is 175 cm³/mol. The number of ether oxygens (including phenoxy) is 6. The molecule has 4 aromatic carbocycles. The Morgan fingerprint density at radius 3 is 1.16 bits per heavy atom. The Kier molecular flexibility index (Phi) is 13.5. The maximum atomic E-state index is 8.89. The highest BCUT2D eigenvalue weighted by Gasteiger charge is 2.11. The van der Waals surface area contributed by atoms with Crippen LogP contribution in [0.2, 0.25) is 0 Å². The van der Waals surface area contributed by atoms with Crippen LogP contribution >= 0.6 is 0 Å². The van der Waals surface area contributed by atoms with E-state index in [0.29, 0.717) is 19.8 Å². The van der Waals surface area contributed by atoms with Gasteiger partial charge in [0.1, 0.15) is 48.4 Å². The second kappa shape index (κ2) is 18.0. The lowest BCUT2D eigenvalue weighted by molar-refractivity contribution is -0.0428. The molecule has 0 amide bonds. The number of hydrogen-bond donors (Lipinski definition) is 2. The molecule has 4 aromatic rings. The van der Waals surface area contributed by atoms with Gasteiger partial charge in [-0.05, 0) is 91.6 Å². The first-order valence-corrected chi connectivity index (χ1v) is 15.3. The Hall–Kier alpha value is -4.08. The smallest absolute Gasteiger partial charge is 0.119 e. The largest absolute Gasteiger partial charge is 0.491 e. The van der Waals surface area contributed by atoms with Crippen molar-refractivity contribution >= 4 is 0 Å². The Bertz CT molecular complexity index is 1370.